The Morgan fingerprint density at radius 3 is 2.79 bits per heavy atom. The average Bonchev–Trinajstić information content (AvgIpc) is 2.85. The fourth-order valence-electron chi connectivity index (χ4n) is 2.83. The highest BCUT2D eigenvalue weighted by molar-refractivity contribution is 6.02. The van der Waals surface area contributed by atoms with E-state index in [-0.39, 0.29) is 17.9 Å². The van der Waals surface area contributed by atoms with E-state index in [9.17, 15) is 4.79 Å². The number of ether oxygens (including phenoxy) is 1. The van der Waals surface area contributed by atoms with Gasteiger partial charge in [-0.05, 0) is 26.7 Å². The standard InChI is InChI=1S/C13H18N4O2/c1-13(2)11(18)17(8-5-3-4-6-8)10-9(19-13)7-15-12(14)16-10/h7-8H,3-6H2,1-2H3,(H2,14,15,16). The number of carbonyl (C=O) groups is 1. The van der Waals surface area contributed by atoms with Crippen LogP contribution < -0.4 is 15.4 Å². The molecule has 1 aromatic heterocycles. The van der Waals surface area contributed by atoms with Crippen LogP contribution in [0.1, 0.15) is 39.5 Å². The fourth-order valence-corrected chi connectivity index (χ4v) is 2.83. The van der Waals surface area contributed by atoms with Crippen LogP contribution in [0.5, 0.6) is 5.75 Å². The highest BCUT2D eigenvalue weighted by Crippen LogP contribution is 2.40. The molecule has 6 nitrogen and oxygen atoms in total. The Morgan fingerprint density at radius 1 is 1.42 bits per heavy atom. The first-order chi connectivity index (χ1) is 8.99. The third kappa shape index (κ3) is 1.91. The summed E-state index contributed by atoms with van der Waals surface area (Å²) in [6, 6.07) is 0.198. The molecule has 0 radical (unpaired) electrons. The minimum absolute atomic E-state index is 0.0509. The number of aromatic nitrogens is 2. The summed E-state index contributed by atoms with van der Waals surface area (Å²) in [4.78, 5) is 22.5. The van der Waals surface area contributed by atoms with Gasteiger partial charge in [0.15, 0.2) is 17.2 Å². The zero-order chi connectivity index (χ0) is 13.6. The van der Waals surface area contributed by atoms with Crippen LogP contribution in [0.15, 0.2) is 6.20 Å². The number of rotatable bonds is 1. The van der Waals surface area contributed by atoms with E-state index in [1.807, 2.05) is 0 Å². The van der Waals surface area contributed by atoms with E-state index >= 15 is 0 Å². The summed E-state index contributed by atoms with van der Waals surface area (Å²) >= 11 is 0. The number of anilines is 2. The number of hydrogen-bond donors (Lipinski definition) is 1. The van der Waals surface area contributed by atoms with Crippen molar-refractivity contribution in [1.82, 2.24) is 9.97 Å². The second kappa shape index (κ2) is 4.08. The third-order valence-electron chi connectivity index (χ3n) is 3.77. The number of nitrogen functional groups attached to an aromatic ring is 1. The van der Waals surface area contributed by atoms with Gasteiger partial charge in [0, 0.05) is 6.04 Å². The Labute approximate surface area is 112 Å². The van der Waals surface area contributed by atoms with Crippen LogP contribution in [0.2, 0.25) is 0 Å². The molecule has 0 aromatic carbocycles. The molecule has 3 rings (SSSR count). The zero-order valence-corrected chi connectivity index (χ0v) is 11.2. The van der Waals surface area contributed by atoms with E-state index in [1.54, 1.807) is 24.9 Å². The summed E-state index contributed by atoms with van der Waals surface area (Å²) in [6.07, 6.45) is 5.85. The van der Waals surface area contributed by atoms with Gasteiger partial charge in [-0.1, -0.05) is 12.8 Å². The SMILES string of the molecule is CC1(C)Oc2cnc(N)nc2N(C2CCCC2)C1=O. The molecule has 0 spiro atoms. The summed E-state index contributed by atoms with van der Waals surface area (Å²) in [5.41, 5.74) is 4.76. The first kappa shape index (κ1) is 12.2. The molecule has 102 valence electrons. The largest absolute Gasteiger partial charge is 0.472 e. The average molecular weight is 262 g/mol. The molecule has 1 aliphatic carbocycles. The first-order valence-electron chi connectivity index (χ1n) is 6.64. The second-order valence-corrected chi connectivity index (χ2v) is 5.64. The van der Waals surface area contributed by atoms with Gasteiger partial charge < -0.3 is 10.5 Å². The Kier molecular flexibility index (Phi) is 2.62. The molecule has 2 N–H and O–H groups in total. The van der Waals surface area contributed by atoms with Crippen LogP contribution in [0, 0.1) is 0 Å². The fraction of sp³-hybridized carbons (Fsp3) is 0.615. The van der Waals surface area contributed by atoms with Gasteiger partial charge in [-0.2, -0.15) is 4.98 Å². The predicted octanol–water partition coefficient (Wildman–Crippen LogP) is 1.51. The van der Waals surface area contributed by atoms with Crippen molar-refractivity contribution in [2.75, 3.05) is 10.6 Å². The molecule has 0 unspecified atom stereocenters. The van der Waals surface area contributed by atoms with Gasteiger partial charge in [-0.3, -0.25) is 9.69 Å². The number of nitrogens with zero attached hydrogens (tertiary/aromatic N) is 3. The highest BCUT2D eigenvalue weighted by atomic mass is 16.5. The van der Waals surface area contributed by atoms with Crippen molar-refractivity contribution in [3.63, 3.8) is 0 Å². The normalized spacial score (nSPS) is 22.2. The summed E-state index contributed by atoms with van der Waals surface area (Å²) in [7, 11) is 0. The van der Waals surface area contributed by atoms with Gasteiger partial charge in [-0.15, -0.1) is 0 Å². The maximum absolute atomic E-state index is 12.6. The molecular weight excluding hydrogens is 244 g/mol. The Bertz CT molecular complexity index is 523. The molecule has 1 fully saturated rings. The number of hydrogen-bond acceptors (Lipinski definition) is 5. The van der Waals surface area contributed by atoms with Crippen molar-refractivity contribution in [3.05, 3.63) is 6.20 Å². The number of fused-ring (bicyclic) bond motifs is 1. The van der Waals surface area contributed by atoms with Gasteiger partial charge >= 0.3 is 0 Å². The Balaban J connectivity index is 2.09. The molecule has 0 atom stereocenters. The molecule has 2 aliphatic rings. The van der Waals surface area contributed by atoms with Crippen LogP contribution in [-0.4, -0.2) is 27.5 Å². The van der Waals surface area contributed by atoms with Crippen LogP contribution in [-0.2, 0) is 4.79 Å². The van der Waals surface area contributed by atoms with E-state index in [2.05, 4.69) is 9.97 Å². The lowest BCUT2D eigenvalue weighted by Gasteiger charge is -2.40. The topological polar surface area (TPSA) is 81.3 Å². The zero-order valence-electron chi connectivity index (χ0n) is 11.2. The Hall–Kier alpha value is -1.85. The van der Waals surface area contributed by atoms with Crippen LogP contribution in [0.4, 0.5) is 11.8 Å². The maximum atomic E-state index is 12.6. The Morgan fingerprint density at radius 2 is 2.11 bits per heavy atom. The van der Waals surface area contributed by atoms with Crippen LogP contribution in [0.25, 0.3) is 0 Å². The molecule has 1 saturated carbocycles. The molecule has 19 heavy (non-hydrogen) atoms. The summed E-state index contributed by atoms with van der Waals surface area (Å²) in [5, 5.41) is 0. The van der Waals surface area contributed by atoms with Crippen LogP contribution in [0.3, 0.4) is 0 Å². The molecular formula is C13H18N4O2. The lowest BCUT2D eigenvalue weighted by atomic mass is 10.0. The van der Waals surface area contributed by atoms with E-state index in [0.29, 0.717) is 11.6 Å². The molecule has 2 heterocycles. The van der Waals surface area contributed by atoms with Gasteiger partial charge in [-0.25, -0.2) is 4.98 Å². The van der Waals surface area contributed by atoms with E-state index in [0.717, 1.165) is 25.7 Å². The quantitative estimate of drug-likeness (QED) is 0.829. The van der Waals surface area contributed by atoms with Crippen molar-refractivity contribution in [3.8, 4) is 5.75 Å². The molecule has 1 aromatic rings. The van der Waals surface area contributed by atoms with Crippen molar-refractivity contribution < 1.29 is 9.53 Å². The minimum atomic E-state index is -0.880. The number of nitrogens with two attached hydrogens (primary N) is 1. The number of carbonyl (C=O) groups excluding carboxylic acids is 1. The van der Waals surface area contributed by atoms with Crippen molar-refractivity contribution in [1.29, 1.82) is 0 Å². The lowest BCUT2D eigenvalue weighted by molar-refractivity contribution is -0.133. The highest BCUT2D eigenvalue weighted by Gasteiger charge is 2.45. The van der Waals surface area contributed by atoms with Crippen molar-refractivity contribution in [2.24, 2.45) is 0 Å². The molecule has 6 heteroatoms. The second-order valence-electron chi connectivity index (χ2n) is 5.64. The monoisotopic (exact) mass is 262 g/mol. The van der Waals surface area contributed by atoms with Crippen LogP contribution >= 0.6 is 0 Å². The van der Waals surface area contributed by atoms with E-state index < -0.39 is 5.60 Å². The summed E-state index contributed by atoms with van der Waals surface area (Å²) < 4.78 is 5.70. The smallest absolute Gasteiger partial charge is 0.272 e. The van der Waals surface area contributed by atoms with Crippen molar-refractivity contribution in [2.45, 2.75) is 51.2 Å². The summed E-state index contributed by atoms with van der Waals surface area (Å²) in [6.45, 7) is 3.55. The van der Waals surface area contributed by atoms with Gasteiger partial charge in [0.2, 0.25) is 5.95 Å². The first-order valence-corrected chi connectivity index (χ1v) is 6.64. The molecule has 1 amide bonds. The summed E-state index contributed by atoms with van der Waals surface area (Å²) in [5.74, 6) is 1.16. The predicted molar refractivity (Wildman–Crippen MR) is 70.9 cm³/mol. The van der Waals surface area contributed by atoms with E-state index in [1.165, 1.54) is 0 Å². The molecule has 0 saturated heterocycles. The number of amides is 1. The molecule has 1 aliphatic heterocycles. The molecule has 0 bridgehead atoms. The van der Waals surface area contributed by atoms with Gasteiger partial charge in [0.25, 0.3) is 5.91 Å². The minimum Gasteiger partial charge on any atom is -0.472 e. The maximum Gasteiger partial charge on any atom is 0.272 e. The van der Waals surface area contributed by atoms with Gasteiger partial charge in [0.1, 0.15) is 0 Å². The van der Waals surface area contributed by atoms with Crippen molar-refractivity contribution >= 4 is 17.7 Å². The van der Waals surface area contributed by atoms with E-state index in [4.69, 9.17) is 10.5 Å². The third-order valence-corrected chi connectivity index (χ3v) is 3.77. The van der Waals surface area contributed by atoms with Gasteiger partial charge in [0.05, 0.1) is 6.20 Å². The lowest BCUT2D eigenvalue weighted by Crippen LogP contribution is -2.55.